The number of aromatic nitrogens is 1. The molecule has 0 atom stereocenters. The van der Waals surface area contributed by atoms with Gasteiger partial charge >= 0.3 is 0 Å². The highest BCUT2D eigenvalue weighted by Gasteiger charge is 2.15. The van der Waals surface area contributed by atoms with Gasteiger partial charge in [0.2, 0.25) is 0 Å². The molecule has 100 valence electrons. The minimum atomic E-state index is 0.0630. The second-order valence-electron chi connectivity index (χ2n) is 5.21. The maximum Gasteiger partial charge on any atom is 0.198 e. The lowest BCUT2D eigenvalue weighted by atomic mass is 10.0. The highest BCUT2D eigenvalue weighted by atomic mass is 16.1. The monoisotopic (exact) mass is 256 g/mol. The molecule has 2 aromatic rings. The minimum Gasteiger partial charge on any atom is -0.377 e. The van der Waals surface area contributed by atoms with Gasteiger partial charge in [-0.3, -0.25) is 4.79 Å². The van der Waals surface area contributed by atoms with Crippen LogP contribution < -0.4 is 5.43 Å². The largest absolute Gasteiger partial charge is 0.377 e. The first-order valence-corrected chi connectivity index (χ1v) is 6.31. The van der Waals surface area contributed by atoms with E-state index in [0.29, 0.717) is 5.56 Å². The van der Waals surface area contributed by atoms with Crippen LogP contribution in [0.4, 0.5) is 0 Å². The van der Waals surface area contributed by atoms with Crippen molar-refractivity contribution in [1.29, 1.82) is 0 Å². The Labute approximate surface area is 113 Å². The molecule has 0 aliphatic heterocycles. The second kappa shape index (κ2) is 4.57. The van der Waals surface area contributed by atoms with E-state index >= 15 is 0 Å². The molecular weight excluding hydrogens is 236 g/mol. The summed E-state index contributed by atoms with van der Waals surface area (Å²) in [7, 11) is 5.79. The van der Waals surface area contributed by atoms with E-state index in [0.717, 1.165) is 27.9 Å². The van der Waals surface area contributed by atoms with Gasteiger partial charge < -0.3 is 9.47 Å². The van der Waals surface area contributed by atoms with E-state index in [1.165, 1.54) is 0 Å². The molecule has 0 saturated heterocycles. The number of benzene rings is 1. The summed E-state index contributed by atoms with van der Waals surface area (Å²) in [5, 5.41) is 0.756. The van der Waals surface area contributed by atoms with Crippen molar-refractivity contribution in [3.05, 3.63) is 51.8 Å². The SMILES string of the molecule is C=C(c1c(C)n(C)c2ccc(C)cc2c1=O)N(C)C. The predicted octanol–water partition coefficient (Wildman–Crippen LogP) is 2.69. The molecule has 1 aromatic heterocycles. The Morgan fingerprint density at radius 3 is 2.47 bits per heavy atom. The molecule has 0 aliphatic rings. The Bertz CT molecular complexity index is 724. The predicted molar refractivity (Wildman–Crippen MR) is 81.4 cm³/mol. The average Bonchev–Trinajstić information content (AvgIpc) is 2.36. The van der Waals surface area contributed by atoms with Crippen LogP contribution in [0.2, 0.25) is 0 Å². The molecule has 3 nitrogen and oxygen atoms in total. The summed E-state index contributed by atoms with van der Waals surface area (Å²) in [6, 6.07) is 5.98. The first kappa shape index (κ1) is 13.4. The van der Waals surface area contributed by atoms with Crippen LogP contribution in [0.5, 0.6) is 0 Å². The standard InChI is InChI=1S/C16H20N2O/c1-10-7-8-14-13(9-10)16(19)15(11(2)17(4)5)12(3)18(14)6/h7-9H,2H2,1,3-6H3. The van der Waals surface area contributed by atoms with Crippen molar-refractivity contribution in [2.75, 3.05) is 14.1 Å². The Morgan fingerprint density at radius 1 is 1.26 bits per heavy atom. The number of pyridine rings is 1. The van der Waals surface area contributed by atoms with Crippen LogP contribution in [0.15, 0.2) is 29.6 Å². The average molecular weight is 256 g/mol. The zero-order chi connectivity index (χ0) is 14.3. The number of hydrogen-bond donors (Lipinski definition) is 0. The third kappa shape index (κ3) is 2.05. The molecule has 0 amide bonds. The molecular formula is C16H20N2O. The van der Waals surface area contributed by atoms with E-state index in [1.807, 2.05) is 58.1 Å². The maximum atomic E-state index is 12.7. The van der Waals surface area contributed by atoms with Crippen molar-refractivity contribution in [3.63, 3.8) is 0 Å². The van der Waals surface area contributed by atoms with E-state index in [9.17, 15) is 4.79 Å². The molecule has 0 aliphatic carbocycles. The number of fused-ring (bicyclic) bond motifs is 1. The molecule has 3 heteroatoms. The van der Waals surface area contributed by atoms with Crippen molar-refractivity contribution in [1.82, 2.24) is 9.47 Å². The maximum absolute atomic E-state index is 12.7. The summed E-state index contributed by atoms with van der Waals surface area (Å²) >= 11 is 0. The van der Waals surface area contributed by atoms with E-state index < -0.39 is 0 Å². The van der Waals surface area contributed by atoms with Gasteiger partial charge in [-0.1, -0.05) is 18.2 Å². The normalized spacial score (nSPS) is 10.8. The summed E-state index contributed by atoms with van der Waals surface area (Å²) in [5.41, 5.74) is 4.51. The van der Waals surface area contributed by atoms with Crippen LogP contribution in [-0.2, 0) is 7.05 Å². The topological polar surface area (TPSA) is 25.2 Å². The van der Waals surface area contributed by atoms with Gasteiger partial charge in [-0.15, -0.1) is 0 Å². The molecule has 0 spiro atoms. The van der Waals surface area contributed by atoms with Crippen molar-refractivity contribution in [3.8, 4) is 0 Å². The third-order valence-corrected chi connectivity index (χ3v) is 3.68. The van der Waals surface area contributed by atoms with Crippen LogP contribution in [-0.4, -0.2) is 23.6 Å². The van der Waals surface area contributed by atoms with Gasteiger partial charge in [0.15, 0.2) is 5.43 Å². The quantitative estimate of drug-likeness (QED) is 0.825. The lowest BCUT2D eigenvalue weighted by Gasteiger charge is -2.20. The second-order valence-corrected chi connectivity index (χ2v) is 5.21. The molecule has 1 aromatic carbocycles. The molecule has 0 N–H and O–H groups in total. The highest BCUT2D eigenvalue weighted by molar-refractivity contribution is 5.84. The van der Waals surface area contributed by atoms with Crippen molar-refractivity contribution in [2.45, 2.75) is 13.8 Å². The van der Waals surface area contributed by atoms with Crippen LogP contribution in [0.25, 0.3) is 16.6 Å². The van der Waals surface area contributed by atoms with Gasteiger partial charge in [0, 0.05) is 37.9 Å². The molecule has 0 radical (unpaired) electrons. The lowest BCUT2D eigenvalue weighted by molar-refractivity contribution is 0.591. The molecule has 0 unspecified atom stereocenters. The fourth-order valence-electron chi connectivity index (χ4n) is 2.34. The highest BCUT2D eigenvalue weighted by Crippen LogP contribution is 2.21. The molecule has 0 saturated carbocycles. The molecule has 2 rings (SSSR count). The first-order chi connectivity index (χ1) is 8.84. The van der Waals surface area contributed by atoms with Gasteiger partial charge in [0.25, 0.3) is 0 Å². The van der Waals surface area contributed by atoms with Crippen LogP contribution in [0.1, 0.15) is 16.8 Å². The molecule has 19 heavy (non-hydrogen) atoms. The van der Waals surface area contributed by atoms with Crippen LogP contribution in [0, 0.1) is 13.8 Å². The summed E-state index contributed by atoms with van der Waals surface area (Å²) in [5.74, 6) is 0. The fourth-order valence-corrected chi connectivity index (χ4v) is 2.34. The third-order valence-electron chi connectivity index (χ3n) is 3.68. The zero-order valence-corrected chi connectivity index (χ0v) is 12.2. The van der Waals surface area contributed by atoms with E-state index in [2.05, 4.69) is 11.1 Å². The smallest absolute Gasteiger partial charge is 0.198 e. The summed E-state index contributed by atoms with van der Waals surface area (Å²) < 4.78 is 2.06. The lowest BCUT2D eigenvalue weighted by Crippen LogP contribution is -2.22. The van der Waals surface area contributed by atoms with Gasteiger partial charge in [-0.05, 0) is 26.0 Å². The Kier molecular flexibility index (Phi) is 3.23. The van der Waals surface area contributed by atoms with E-state index in [-0.39, 0.29) is 5.43 Å². The molecule has 0 bridgehead atoms. The van der Waals surface area contributed by atoms with Crippen molar-refractivity contribution >= 4 is 16.6 Å². The summed E-state index contributed by atoms with van der Waals surface area (Å²) in [4.78, 5) is 14.6. The van der Waals surface area contributed by atoms with Crippen LogP contribution >= 0.6 is 0 Å². The van der Waals surface area contributed by atoms with Gasteiger partial charge in [-0.25, -0.2) is 0 Å². The summed E-state index contributed by atoms with van der Waals surface area (Å²) in [6.07, 6.45) is 0. The Morgan fingerprint density at radius 2 is 1.89 bits per heavy atom. The van der Waals surface area contributed by atoms with Crippen LogP contribution in [0.3, 0.4) is 0 Å². The Hall–Kier alpha value is -2.03. The summed E-state index contributed by atoms with van der Waals surface area (Å²) in [6.45, 7) is 7.99. The van der Waals surface area contributed by atoms with Crippen molar-refractivity contribution < 1.29 is 0 Å². The van der Waals surface area contributed by atoms with E-state index in [4.69, 9.17) is 0 Å². The van der Waals surface area contributed by atoms with Gasteiger partial charge in [0.1, 0.15) is 0 Å². The van der Waals surface area contributed by atoms with E-state index in [1.54, 1.807) is 0 Å². The van der Waals surface area contributed by atoms with Gasteiger partial charge in [-0.2, -0.15) is 0 Å². The zero-order valence-electron chi connectivity index (χ0n) is 12.2. The number of aryl methyl sites for hydroxylation is 2. The molecule has 1 heterocycles. The Balaban J connectivity index is 2.94. The van der Waals surface area contributed by atoms with Crippen molar-refractivity contribution in [2.24, 2.45) is 7.05 Å². The first-order valence-electron chi connectivity index (χ1n) is 6.31. The number of rotatable bonds is 2. The fraction of sp³-hybridized carbons (Fsp3) is 0.312. The number of hydrogen-bond acceptors (Lipinski definition) is 2. The molecule has 0 fully saturated rings. The van der Waals surface area contributed by atoms with Gasteiger partial charge in [0.05, 0.1) is 11.1 Å². The minimum absolute atomic E-state index is 0.0630. The number of nitrogens with zero attached hydrogens (tertiary/aromatic N) is 2.